The van der Waals surface area contributed by atoms with Gasteiger partial charge in [-0.05, 0) is 12.1 Å². The van der Waals surface area contributed by atoms with Crippen LogP contribution >= 0.6 is 0 Å². The average molecular weight is 222 g/mol. The molecule has 2 rings (SSSR count). The van der Waals surface area contributed by atoms with Gasteiger partial charge in [0.05, 0.1) is 0 Å². The molecule has 0 radical (unpaired) electrons. The van der Waals surface area contributed by atoms with E-state index in [0.717, 1.165) is 38.3 Å². The first kappa shape index (κ1) is 11.0. The number of H-pyrrole nitrogens is 1. The Balaban J connectivity index is 1.67. The van der Waals surface area contributed by atoms with Crippen molar-refractivity contribution >= 4 is 6.03 Å². The molecule has 1 saturated heterocycles. The largest absolute Gasteiger partial charge is 0.365 e. The van der Waals surface area contributed by atoms with Gasteiger partial charge in [-0.2, -0.15) is 0 Å². The summed E-state index contributed by atoms with van der Waals surface area (Å²) in [6.07, 6.45) is 2.75. The summed E-state index contributed by atoms with van der Waals surface area (Å²) in [6, 6.07) is 4.04. The molecule has 1 aliphatic rings. The van der Waals surface area contributed by atoms with Crippen LogP contribution in [0.15, 0.2) is 18.3 Å². The number of piperazine rings is 1. The maximum absolute atomic E-state index is 11.7. The van der Waals surface area contributed by atoms with Crippen LogP contribution in [0.4, 0.5) is 4.79 Å². The zero-order valence-electron chi connectivity index (χ0n) is 9.33. The molecule has 0 aliphatic carbocycles. The van der Waals surface area contributed by atoms with Crippen LogP contribution in [-0.4, -0.2) is 48.6 Å². The average Bonchev–Trinajstić information content (AvgIpc) is 2.83. The molecule has 0 aromatic carbocycles. The number of amides is 2. The van der Waals surface area contributed by atoms with Crippen LogP contribution in [0.5, 0.6) is 0 Å². The van der Waals surface area contributed by atoms with Crippen molar-refractivity contribution < 1.29 is 4.79 Å². The lowest BCUT2D eigenvalue weighted by atomic mass is 10.3. The number of nitrogens with zero attached hydrogens (tertiary/aromatic N) is 1. The molecule has 16 heavy (non-hydrogen) atoms. The molecule has 1 aromatic rings. The summed E-state index contributed by atoms with van der Waals surface area (Å²) in [6.45, 7) is 4.07. The lowest BCUT2D eigenvalue weighted by Crippen LogP contribution is -2.50. The summed E-state index contributed by atoms with van der Waals surface area (Å²) in [5.41, 5.74) is 1.15. The first-order valence-electron chi connectivity index (χ1n) is 5.72. The smallest absolute Gasteiger partial charge is 0.317 e. The minimum atomic E-state index is 0.0491. The van der Waals surface area contributed by atoms with Crippen molar-refractivity contribution in [3.8, 4) is 0 Å². The third kappa shape index (κ3) is 3.00. The van der Waals surface area contributed by atoms with E-state index in [1.165, 1.54) is 0 Å². The van der Waals surface area contributed by atoms with Gasteiger partial charge in [0.1, 0.15) is 0 Å². The van der Waals surface area contributed by atoms with E-state index in [4.69, 9.17) is 0 Å². The van der Waals surface area contributed by atoms with Gasteiger partial charge >= 0.3 is 6.03 Å². The quantitative estimate of drug-likeness (QED) is 0.683. The second kappa shape index (κ2) is 5.55. The van der Waals surface area contributed by atoms with Gasteiger partial charge in [-0.3, -0.25) is 0 Å². The van der Waals surface area contributed by atoms with E-state index < -0.39 is 0 Å². The van der Waals surface area contributed by atoms with Crippen molar-refractivity contribution in [3.63, 3.8) is 0 Å². The van der Waals surface area contributed by atoms with Gasteiger partial charge in [0, 0.05) is 51.0 Å². The van der Waals surface area contributed by atoms with Gasteiger partial charge in [0.15, 0.2) is 0 Å². The normalized spacial score (nSPS) is 16.1. The van der Waals surface area contributed by atoms with Crippen LogP contribution in [0.25, 0.3) is 0 Å². The van der Waals surface area contributed by atoms with E-state index in [1.807, 2.05) is 23.2 Å². The Hall–Kier alpha value is -1.49. The first-order valence-corrected chi connectivity index (χ1v) is 5.72. The van der Waals surface area contributed by atoms with Gasteiger partial charge in [0.2, 0.25) is 0 Å². The van der Waals surface area contributed by atoms with Gasteiger partial charge < -0.3 is 20.5 Å². The number of carbonyl (C=O) groups is 1. The lowest BCUT2D eigenvalue weighted by molar-refractivity contribution is 0.190. The van der Waals surface area contributed by atoms with E-state index in [2.05, 4.69) is 15.6 Å². The number of aromatic nitrogens is 1. The molecule has 1 aliphatic heterocycles. The van der Waals surface area contributed by atoms with Crippen LogP contribution in [0.3, 0.4) is 0 Å². The Kier molecular flexibility index (Phi) is 3.82. The highest BCUT2D eigenvalue weighted by Gasteiger charge is 2.14. The predicted octanol–water partition coefficient (Wildman–Crippen LogP) is 0.172. The third-order valence-electron chi connectivity index (χ3n) is 2.74. The summed E-state index contributed by atoms with van der Waals surface area (Å²) in [5.74, 6) is 0. The van der Waals surface area contributed by atoms with Gasteiger partial charge in [0.25, 0.3) is 0 Å². The van der Waals surface area contributed by atoms with Crippen LogP contribution in [-0.2, 0) is 6.42 Å². The molecule has 1 aromatic heterocycles. The number of hydrogen-bond donors (Lipinski definition) is 3. The van der Waals surface area contributed by atoms with E-state index >= 15 is 0 Å². The Morgan fingerprint density at radius 1 is 1.44 bits per heavy atom. The molecule has 5 nitrogen and oxygen atoms in total. The summed E-state index contributed by atoms with van der Waals surface area (Å²) in [4.78, 5) is 16.7. The highest BCUT2D eigenvalue weighted by atomic mass is 16.2. The Bertz CT molecular complexity index is 317. The summed E-state index contributed by atoms with van der Waals surface area (Å²) in [5, 5.41) is 6.15. The van der Waals surface area contributed by atoms with Crippen LogP contribution in [0, 0.1) is 0 Å². The van der Waals surface area contributed by atoms with Gasteiger partial charge in [-0.1, -0.05) is 0 Å². The fourth-order valence-corrected chi connectivity index (χ4v) is 1.81. The summed E-state index contributed by atoms with van der Waals surface area (Å²) < 4.78 is 0. The molecule has 88 valence electrons. The molecule has 5 heteroatoms. The van der Waals surface area contributed by atoms with E-state index in [-0.39, 0.29) is 6.03 Å². The SMILES string of the molecule is O=C(NCCc1ccc[nH]1)N1CCNCC1. The zero-order valence-corrected chi connectivity index (χ0v) is 9.33. The van der Waals surface area contributed by atoms with E-state index in [0.29, 0.717) is 6.54 Å². The molecule has 0 atom stereocenters. The molecule has 0 spiro atoms. The molecule has 0 unspecified atom stereocenters. The third-order valence-corrected chi connectivity index (χ3v) is 2.74. The topological polar surface area (TPSA) is 60.2 Å². The molecule has 3 N–H and O–H groups in total. The molecular weight excluding hydrogens is 204 g/mol. The van der Waals surface area contributed by atoms with E-state index in [1.54, 1.807) is 0 Å². The second-order valence-electron chi connectivity index (χ2n) is 3.91. The lowest BCUT2D eigenvalue weighted by Gasteiger charge is -2.27. The molecule has 2 heterocycles. The standard InChI is InChI=1S/C11H18N4O/c16-11(15-8-6-12-7-9-15)14-5-3-10-2-1-4-13-10/h1-2,4,12-13H,3,5-9H2,(H,14,16). The van der Waals surface area contributed by atoms with Gasteiger partial charge in [-0.25, -0.2) is 4.79 Å². The van der Waals surface area contributed by atoms with Gasteiger partial charge in [-0.15, -0.1) is 0 Å². The Morgan fingerprint density at radius 2 is 2.25 bits per heavy atom. The highest BCUT2D eigenvalue weighted by Crippen LogP contribution is 1.96. The molecule has 0 saturated carbocycles. The molecular formula is C11H18N4O. The minimum absolute atomic E-state index is 0.0491. The van der Waals surface area contributed by atoms with Crippen molar-refractivity contribution in [2.45, 2.75) is 6.42 Å². The number of nitrogens with one attached hydrogen (secondary N) is 3. The molecule has 0 bridgehead atoms. The molecule has 1 fully saturated rings. The highest BCUT2D eigenvalue weighted by molar-refractivity contribution is 5.74. The van der Waals surface area contributed by atoms with Crippen molar-refractivity contribution in [1.29, 1.82) is 0 Å². The van der Waals surface area contributed by atoms with Crippen LogP contribution < -0.4 is 10.6 Å². The number of urea groups is 1. The van der Waals surface area contributed by atoms with Crippen LogP contribution in [0.1, 0.15) is 5.69 Å². The summed E-state index contributed by atoms with van der Waals surface area (Å²) >= 11 is 0. The van der Waals surface area contributed by atoms with Crippen molar-refractivity contribution in [3.05, 3.63) is 24.0 Å². The summed E-state index contributed by atoms with van der Waals surface area (Å²) in [7, 11) is 0. The molecule has 2 amide bonds. The van der Waals surface area contributed by atoms with E-state index in [9.17, 15) is 4.79 Å². The van der Waals surface area contributed by atoms with Crippen molar-refractivity contribution in [2.24, 2.45) is 0 Å². The van der Waals surface area contributed by atoms with Crippen molar-refractivity contribution in [2.75, 3.05) is 32.7 Å². The maximum atomic E-state index is 11.7. The Labute approximate surface area is 95.2 Å². The predicted molar refractivity (Wildman–Crippen MR) is 62.3 cm³/mol. The zero-order chi connectivity index (χ0) is 11.2. The Morgan fingerprint density at radius 3 is 2.94 bits per heavy atom. The number of rotatable bonds is 3. The fourth-order valence-electron chi connectivity index (χ4n) is 1.81. The maximum Gasteiger partial charge on any atom is 0.317 e. The van der Waals surface area contributed by atoms with Crippen molar-refractivity contribution in [1.82, 2.24) is 20.5 Å². The fraction of sp³-hybridized carbons (Fsp3) is 0.545. The monoisotopic (exact) mass is 222 g/mol. The second-order valence-corrected chi connectivity index (χ2v) is 3.91. The first-order chi connectivity index (χ1) is 7.86. The number of carbonyl (C=O) groups excluding carboxylic acids is 1. The minimum Gasteiger partial charge on any atom is -0.365 e. The van der Waals surface area contributed by atoms with Crippen LogP contribution in [0.2, 0.25) is 0 Å². The number of aromatic amines is 1. The number of hydrogen-bond acceptors (Lipinski definition) is 2.